The van der Waals surface area contributed by atoms with Crippen molar-refractivity contribution in [1.82, 2.24) is 5.43 Å². The van der Waals surface area contributed by atoms with Crippen molar-refractivity contribution < 1.29 is 24.2 Å². The molecule has 2 rings (SSSR count). The summed E-state index contributed by atoms with van der Waals surface area (Å²) < 4.78 is 4.92. The van der Waals surface area contributed by atoms with Gasteiger partial charge in [-0.25, -0.2) is 5.43 Å². The summed E-state index contributed by atoms with van der Waals surface area (Å²) in [6, 6.07) is 11.4. The number of para-hydroxylation sites is 1. The van der Waals surface area contributed by atoms with E-state index in [2.05, 4.69) is 15.8 Å². The molecule has 0 radical (unpaired) electrons. The predicted molar refractivity (Wildman–Crippen MR) is 97.5 cm³/mol. The molecule has 0 saturated heterocycles. The second-order valence-electron chi connectivity index (χ2n) is 5.41. The molecule has 8 heteroatoms. The number of benzene rings is 2. The van der Waals surface area contributed by atoms with Crippen LogP contribution in [0.4, 0.5) is 5.69 Å². The number of rotatable bonds is 6. The molecular weight excluding hydrogens is 350 g/mol. The molecule has 0 fully saturated rings. The van der Waals surface area contributed by atoms with E-state index in [4.69, 9.17) is 4.74 Å². The number of aryl methyl sites for hydroxylation is 1. The molecule has 0 atom stereocenters. The molecule has 2 amide bonds. The van der Waals surface area contributed by atoms with Crippen LogP contribution in [0.15, 0.2) is 47.6 Å². The summed E-state index contributed by atoms with van der Waals surface area (Å²) in [6.07, 6.45) is 1.91. The number of nitrogens with zero attached hydrogens (tertiary/aromatic N) is 1. The standard InChI is InChI=1S/C19H19N3O5/c1-3-13-6-4-5-7-15(13)21-17(23)18(24)22-20-11-12-8-9-16(27-2)14(10-12)19(25)26/h4-11H,3H2,1-2H3,(H,21,23)(H,22,24)(H,25,26)/p-1/b20-11-. The number of hydrazone groups is 1. The highest BCUT2D eigenvalue weighted by Gasteiger charge is 2.14. The number of methoxy groups -OCH3 is 1. The maximum atomic E-state index is 12.0. The van der Waals surface area contributed by atoms with Gasteiger partial charge in [-0.1, -0.05) is 25.1 Å². The van der Waals surface area contributed by atoms with E-state index in [-0.39, 0.29) is 11.3 Å². The van der Waals surface area contributed by atoms with Crippen molar-refractivity contribution >= 4 is 29.7 Å². The third-order valence-corrected chi connectivity index (χ3v) is 3.68. The van der Waals surface area contributed by atoms with E-state index in [9.17, 15) is 19.5 Å². The van der Waals surface area contributed by atoms with E-state index in [0.717, 1.165) is 5.56 Å². The fourth-order valence-corrected chi connectivity index (χ4v) is 2.31. The van der Waals surface area contributed by atoms with Gasteiger partial charge in [-0.05, 0) is 41.8 Å². The van der Waals surface area contributed by atoms with Crippen molar-refractivity contribution in [3.8, 4) is 5.75 Å². The highest BCUT2D eigenvalue weighted by atomic mass is 16.5. The molecule has 0 aliphatic heterocycles. The average molecular weight is 368 g/mol. The van der Waals surface area contributed by atoms with Gasteiger partial charge in [-0.3, -0.25) is 9.59 Å². The van der Waals surface area contributed by atoms with Gasteiger partial charge in [-0.15, -0.1) is 0 Å². The first kappa shape index (κ1) is 19.6. The summed E-state index contributed by atoms with van der Waals surface area (Å²) >= 11 is 0. The van der Waals surface area contributed by atoms with Crippen LogP contribution in [0.1, 0.15) is 28.4 Å². The summed E-state index contributed by atoms with van der Waals surface area (Å²) in [7, 11) is 1.34. The summed E-state index contributed by atoms with van der Waals surface area (Å²) in [6.45, 7) is 1.94. The van der Waals surface area contributed by atoms with Crippen molar-refractivity contribution in [1.29, 1.82) is 0 Å². The Morgan fingerprint density at radius 2 is 1.89 bits per heavy atom. The van der Waals surface area contributed by atoms with Gasteiger partial charge in [0.15, 0.2) is 0 Å². The molecular formula is C19H18N3O5-. The zero-order valence-electron chi connectivity index (χ0n) is 14.8. The molecule has 0 aromatic heterocycles. The third kappa shape index (κ3) is 5.15. The minimum Gasteiger partial charge on any atom is -0.545 e. The molecule has 0 heterocycles. The highest BCUT2D eigenvalue weighted by molar-refractivity contribution is 6.39. The fraction of sp³-hybridized carbons (Fsp3) is 0.158. The lowest BCUT2D eigenvalue weighted by atomic mass is 10.1. The van der Waals surface area contributed by atoms with Crippen LogP contribution in [0.25, 0.3) is 0 Å². The summed E-state index contributed by atoms with van der Waals surface area (Å²) in [5.74, 6) is -3.07. The Morgan fingerprint density at radius 3 is 2.56 bits per heavy atom. The van der Waals surface area contributed by atoms with Gasteiger partial charge in [0.2, 0.25) is 0 Å². The molecule has 2 aromatic rings. The van der Waals surface area contributed by atoms with Crippen LogP contribution < -0.4 is 20.6 Å². The topological polar surface area (TPSA) is 120 Å². The Balaban J connectivity index is 2.01. The molecule has 0 aliphatic rings. The van der Waals surface area contributed by atoms with Crippen molar-refractivity contribution in [2.45, 2.75) is 13.3 Å². The van der Waals surface area contributed by atoms with Gasteiger partial charge in [0.1, 0.15) is 5.75 Å². The number of ether oxygens (including phenoxy) is 1. The van der Waals surface area contributed by atoms with E-state index in [0.29, 0.717) is 17.7 Å². The number of aromatic carboxylic acids is 1. The molecule has 0 spiro atoms. The number of hydrogen-bond acceptors (Lipinski definition) is 6. The molecule has 0 saturated carbocycles. The normalized spacial score (nSPS) is 10.4. The van der Waals surface area contributed by atoms with Gasteiger partial charge in [0.05, 0.1) is 19.3 Å². The molecule has 140 valence electrons. The average Bonchev–Trinajstić information content (AvgIpc) is 2.68. The first-order valence-corrected chi connectivity index (χ1v) is 8.08. The van der Waals surface area contributed by atoms with Gasteiger partial charge < -0.3 is 20.0 Å². The van der Waals surface area contributed by atoms with Crippen LogP contribution in [0.2, 0.25) is 0 Å². The minimum absolute atomic E-state index is 0.144. The van der Waals surface area contributed by atoms with Crippen LogP contribution in [-0.2, 0) is 16.0 Å². The third-order valence-electron chi connectivity index (χ3n) is 3.68. The second-order valence-corrected chi connectivity index (χ2v) is 5.41. The molecule has 2 N–H and O–H groups in total. The van der Waals surface area contributed by atoms with E-state index >= 15 is 0 Å². The predicted octanol–water partition coefficient (Wildman–Crippen LogP) is 0.710. The fourth-order valence-electron chi connectivity index (χ4n) is 2.31. The second kappa shape index (κ2) is 9.14. The summed E-state index contributed by atoms with van der Waals surface area (Å²) in [4.78, 5) is 34.9. The highest BCUT2D eigenvalue weighted by Crippen LogP contribution is 2.18. The van der Waals surface area contributed by atoms with Gasteiger partial charge >= 0.3 is 11.8 Å². The molecule has 0 unspecified atom stereocenters. The number of nitrogens with one attached hydrogen (secondary N) is 2. The molecule has 0 bridgehead atoms. The smallest absolute Gasteiger partial charge is 0.329 e. The van der Waals surface area contributed by atoms with E-state index in [1.165, 1.54) is 25.5 Å². The Morgan fingerprint density at radius 1 is 1.15 bits per heavy atom. The Hall–Kier alpha value is -3.68. The Kier molecular flexibility index (Phi) is 6.65. The molecule has 8 nitrogen and oxygen atoms in total. The number of carbonyl (C=O) groups excluding carboxylic acids is 3. The van der Waals surface area contributed by atoms with Crippen LogP contribution >= 0.6 is 0 Å². The zero-order chi connectivity index (χ0) is 19.8. The molecule has 27 heavy (non-hydrogen) atoms. The van der Waals surface area contributed by atoms with Gasteiger partial charge in [-0.2, -0.15) is 5.10 Å². The lowest BCUT2D eigenvalue weighted by molar-refractivity contribution is -0.255. The Bertz CT molecular complexity index is 893. The van der Waals surface area contributed by atoms with Crippen molar-refractivity contribution in [2.75, 3.05) is 12.4 Å². The van der Waals surface area contributed by atoms with Crippen LogP contribution in [0, 0.1) is 0 Å². The van der Waals surface area contributed by atoms with Crippen molar-refractivity contribution in [2.24, 2.45) is 5.10 Å². The van der Waals surface area contributed by atoms with Gasteiger partial charge in [0, 0.05) is 11.3 Å². The largest absolute Gasteiger partial charge is 0.545 e. The SMILES string of the molecule is CCc1ccccc1NC(=O)C(=O)N/N=C\c1ccc(OC)c(C(=O)[O-])c1. The number of hydrogen-bond donors (Lipinski definition) is 2. The zero-order valence-corrected chi connectivity index (χ0v) is 14.8. The number of anilines is 1. The van der Waals surface area contributed by atoms with E-state index < -0.39 is 17.8 Å². The van der Waals surface area contributed by atoms with Crippen molar-refractivity contribution in [3.63, 3.8) is 0 Å². The lowest BCUT2D eigenvalue weighted by Gasteiger charge is -2.10. The number of carboxylic acid groups (broad SMARTS) is 1. The lowest BCUT2D eigenvalue weighted by Crippen LogP contribution is -2.32. The maximum Gasteiger partial charge on any atom is 0.329 e. The van der Waals surface area contributed by atoms with Crippen LogP contribution in [0.3, 0.4) is 0 Å². The molecule has 0 aliphatic carbocycles. The van der Waals surface area contributed by atoms with Crippen molar-refractivity contribution in [3.05, 3.63) is 59.2 Å². The van der Waals surface area contributed by atoms with Crippen LogP contribution in [0.5, 0.6) is 5.75 Å². The maximum absolute atomic E-state index is 12.0. The minimum atomic E-state index is -1.40. The monoisotopic (exact) mass is 368 g/mol. The van der Waals surface area contributed by atoms with Gasteiger partial charge in [0.25, 0.3) is 0 Å². The summed E-state index contributed by atoms with van der Waals surface area (Å²) in [5, 5.41) is 17.3. The van der Waals surface area contributed by atoms with E-state index in [1.807, 2.05) is 19.1 Å². The summed E-state index contributed by atoms with van der Waals surface area (Å²) in [5.41, 5.74) is 3.77. The number of amides is 2. The number of carboxylic acids is 1. The first-order chi connectivity index (χ1) is 13.0. The number of carbonyl (C=O) groups is 3. The quantitative estimate of drug-likeness (QED) is 0.442. The first-order valence-electron chi connectivity index (χ1n) is 8.08. The molecule has 2 aromatic carbocycles. The van der Waals surface area contributed by atoms with E-state index in [1.54, 1.807) is 18.2 Å². The van der Waals surface area contributed by atoms with Crippen LogP contribution in [-0.4, -0.2) is 31.1 Å². The Labute approximate surface area is 155 Å².